The van der Waals surface area contributed by atoms with E-state index in [9.17, 15) is 9.59 Å². The predicted molar refractivity (Wildman–Crippen MR) is 92.2 cm³/mol. The lowest BCUT2D eigenvalue weighted by molar-refractivity contribution is -0.117. The summed E-state index contributed by atoms with van der Waals surface area (Å²) in [6.07, 6.45) is 1.34. The molecule has 1 aliphatic rings. The van der Waals surface area contributed by atoms with Gasteiger partial charge in [0.2, 0.25) is 5.91 Å². The van der Waals surface area contributed by atoms with Crippen molar-refractivity contribution >= 4 is 34.8 Å². The molecule has 23 heavy (non-hydrogen) atoms. The molecule has 1 fully saturated rings. The zero-order valence-corrected chi connectivity index (χ0v) is 13.6. The van der Waals surface area contributed by atoms with Gasteiger partial charge in [0, 0.05) is 31.3 Å². The van der Waals surface area contributed by atoms with Gasteiger partial charge in [-0.05, 0) is 36.8 Å². The average Bonchev–Trinajstić information content (AvgIpc) is 3.00. The second-order valence-electron chi connectivity index (χ2n) is 5.51. The summed E-state index contributed by atoms with van der Waals surface area (Å²) in [4.78, 5) is 27.9. The van der Waals surface area contributed by atoms with Crippen molar-refractivity contribution in [1.82, 2.24) is 0 Å². The lowest BCUT2D eigenvalue weighted by Gasteiger charge is -2.21. The van der Waals surface area contributed by atoms with Crippen LogP contribution < -0.4 is 9.80 Å². The van der Waals surface area contributed by atoms with Gasteiger partial charge in [0.1, 0.15) is 0 Å². The van der Waals surface area contributed by atoms with Crippen LogP contribution in [0.1, 0.15) is 23.2 Å². The van der Waals surface area contributed by atoms with Gasteiger partial charge in [0.25, 0.3) is 5.91 Å². The molecule has 2 amide bonds. The molecule has 0 saturated carbocycles. The van der Waals surface area contributed by atoms with E-state index in [1.807, 2.05) is 30.3 Å². The first-order chi connectivity index (χ1) is 11.1. The molecule has 1 aliphatic heterocycles. The molecule has 5 heteroatoms. The maximum absolute atomic E-state index is 12.7. The van der Waals surface area contributed by atoms with Gasteiger partial charge in [-0.15, -0.1) is 0 Å². The van der Waals surface area contributed by atoms with E-state index in [0.29, 0.717) is 29.2 Å². The number of para-hydroxylation sites is 1. The van der Waals surface area contributed by atoms with Gasteiger partial charge >= 0.3 is 0 Å². The Bertz CT molecular complexity index is 746. The predicted octanol–water partition coefficient (Wildman–Crippen LogP) is 3.74. The number of hydrogen-bond donors (Lipinski definition) is 0. The van der Waals surface area contributed by atoms with Gasteiger partial charge in [-0.2, -0.15) is 0 Å². The monoisotopic (exact) mass is 328 g/mol. The van der Waals surface area contributed by atoms with Gasteiger partial charge in [-0.25, -0.2) is 0 Å². The first-order valence-corrected chi connectivity index (χ1v) is 7.89. The number of nitrogens with zero attached hydrogens (tertiary/aromatic N) is 2. The van der Waals surface area contributed by atoms with E-state index in [2.05, 4.69) is 0 Å². The molecule has 1 saturated heterocycles. The number of carbonyl (C=O) groups is 2. The van der Waals surface area contributed by atoms with Crippen molar-refractivity contribution in [3.05, 3.63) is 59.1 Å². The molecule has 0 N–H and O–H groups in total. The fourth-order valence-electron chi connectivity index (χ4n) is 2.72. The Morgan fingerprint density at radius 3 is 2.57 bits per heavy atom. The van der Waals surface area contributed by atoms with Crippen LogP contribution in [0.15, 0.2) is 48.5 Å². The molecule has 4 nitrogen and oxygen atoms in total. The fourth-order valence-corrected chi connectivity index (χ4v) is 2.94. The van der Waals surface area contributed by atoms with Crippen LogP contribution in [0.2, 0.25) is 5.02 Å². The second kappa shape index (κ2) is 6.42. The lowest BCUT2D eigenvalue weighted by Crippen LogP contribution is -2.27. The van der Waals surface area contributed by atoms with E-state index in [4.69, 9.17) is 11.6 Å². The Balaban J connectivity index is 1.91. The second-order valence-corrected chi connectivity index (χ2v) is 5.92. The summed E-state index contributed by atoms with van der Waals surface area (Å²) in [5.74, 6) is -0.0892. The largest absolute Gasteiger partial charge is 0.311 e. The normalized spacial score (nSPS) is 14.2. The van der Waals surface area contributed by atoms with E-state index in [1.165, 1.54) is 0 Å². The topological polar surface area (TPSA) is 40.6 Å². The smallest absolute Gasteiger partial charge is 0.258 e. The van der Waals surface area contributed by atoms with Gasteiger partial charge in [-0.3, -0.25) is 9.59 Å². The summed E-state index contributed by atoms with van der Waals surface area (Å²) in [5, 5.41) is 0.485. The minimum absolute atomic E-state index is 0.0490. The summed E-state index contributed by atoms with van der Waals surface area (Å²) in [6, 6.07) is 14.5. The number of carbonyl (C=O) groups excluding carboxylic acids is 2. The van der Waals surface area contributed by atoms with E-state index in [0.717, 1.165) is 12.1 Å². The maximum atomic E-state index is 12.7. The van der Waals surface area contributed by atoms with Crippen LogP contribution in [-0.4, -0.2) is 25.4 Å². The Morgan fingerprint density at radius 1 is 1.17 bits per heavy atom. The summed E-state index contributed by atoms with van der Waals surface area (Å²) >= 11 is 6.22. The number of anilines is 2. The highest BCUT2D eigenvalue weighted by atomic mass is 35.5. The molecular weight excluding hydrogens is 312 g/mol. The molecule has 0 unspecified atom stereocenters. The fraction of sp³-hybridized carbons (Fsp3) is 0.222. The summed E-state index contributed by atoms with van der Waals surface area (Å²) in [7, 11) is 1.73. The minimum Gasteiger partial charge on any atom is -0.311 e. The molecule has 0 aromatic heterocycles. The zero-order chi connectivity index (χ0) is 16.4. The first-order valence-electron chi connectivity index (χ1n) is 7.51. The van der Waals surface area contributed by atoms with Gasteiger partial charge in [0.05, 0.1) is 10.7 Å². The van der Waals surface area contributed by atoms with Crippen LogP contribution in [0, 0.1) is 0 Å². The van der Waals surface area contributed by atoms with E-state index in [1.54, 1.807) is 35.0 Å². The van der Waals surface area contributed by atoms with Gasteiger partial charge < -0.3 is 9.80 Å². The highest BCUT2D eigenvalue weighted by Gasteiger charge is 2.25. The third-order valence-corrected chi connectivity index (χ3v) is 4.33. The molecule has 0 atom stereocenters. The zero-order valence-electron chi connectivity index (χ0n) is 12.8. The maximum Gasteiger partial charge on any atom is 0.258 e. The Hall–Kier alpha value is -2.33. The van der Waals surface area contributed by atoms with Crippen molar-refractivity contribution < 1.29 is 9.59 Å². The molecule has 1 heterocycles. The van der Waals surface area contributed by atoms with Crippen molar-refractivity contribution in [3.63, 3.8) is 0 Å². The quantitative estimate of drug-likeness (QED) is 0.861. The Kier molecular flexibility index (Phi) is 4.35. The molecule has 3 rings (SSSR count). The SMILES string of the molecule is CN(C(=O)c1ccc(Cl)c(N2CCCC2=O)c1)c1ccccc1. The van der Waals surface area contributed by atoms with Gasteiger partial charge in [0.15, 0.2) is 0 Å². The number of amides is 2. The summed E-state index contributed by atoms with van der Waals surface area (Å²) < 4.78 is 0. The molecule has 0 spiro atoms. The molecule has 2 aromatic rings. The van der Waals surface area contributed by atoms with Crippen molar-refractivity contribution in [2.45, 2.75) is 12.8 Å². The first kappa shape index (κ1) is 15.6. The Labute approximate surface area is 140 Å². The number of benzene rings is 2. The summed E-state index contributed by atoms with van der Waals surface area (Å²) in [5.41, 5.74) is 1.93. The minimum atomic E-state index is -0.138. The average molecular weight is 329 g/mol. The van der Waals surface area contributed by atoms with E-state index >= 15 is 0 Å². The third-order valence-electron chi connectivity index (χ3n) is 4.01. The Morgan fingerprint density at radius 2 is 1.91 bits per heavy atom. The molecule has 2 aromatic carbocycles. The van der Waals surface area contributed by atoms with Crippen molar-refractivity contribution in [1.29, 1.82) is 0 Å². The molecule has 0 aliphatic carbocycles. The molecule has 118 valence electrons. The van der Waals surface area contributed by atoms with Crippen LogP contribution in [0.5, 0.6) is 0 Å². The molecular formula is C18H17ClN2O2. The molecule has 0 bridgehead atoms. The number of hydrogen-bond acceptors (Lipinski definition) is 2. The molecule has 0 radical (unpaired) electrons. The number of rotatable bonds is 3. The van der Waals surface area contributed by atoms with Crippen LogP contribution in [0.4, 0.5) is 11.4 Å². The van der Waals surface area contributed by atoms with Crippen LogP contribution in [0.25, 0.3) is 0 Å². The standard InChI is InChI=1S/C18H17ClN2O2/c1-20(14-6-3-2-4-7-14)18(23)13-9-10-15(19)16(12-13)21-11-5-8-17(21)22/h2-4,6-7,9-10,12H,5,8,11H2,1H3. The lowest BCUT2D eigenvalue weighted by atomic mass is 10.1. The number of halogens is 1. The highest BCUT2D eigenvalue weighted by Crippen LogP contribution is 2.31. The summed E-state index contributed by atoms with van der Waals surface area (Å²) in [6.45, 7) is 0.644. The van der Waals surface area contributed by atoms with Crippen LogP contribution >= 0.6 is 11.6 Å². The van der Waals surface area contributed by atoms with Crippen molar-refractivity contribution in [3.8, 4) is 0 Å². The van der Waals surface area contributed by atoms with E-state index < -0.39 is 0 Å². The van der Waals surface area contributed by atoms with Crippen LogP contribution in [0.3, 0.4) is 0 Å². The third kappa shape index (κ3) is 3.08. The van der Waals surface area contributed by atoms with Crippen LogP contribution in [-0.2, 0) is 4.79 Å². The van der Waals surface area contributed by atoms with Gasteiger partial charge in [-0.1, -0.05) is 29.8 Å². The van der Waals surface area contributed by atoms with Crippen molar-refractivity contribution in [2.24, 2.45) is 0 Å². The van der Waals surface area contributed by atoms with E-state index in [-0.39, 0.29) is 11.8 Å². The van der Waals surface area contributed by atoms with Crippen molar-refractivity contribution in [2.75, 3.05) is 23.4 Å². The highest BCUT2D eigenvalue weighted by molar-refractivity contribution is 6.34.